The Bertz CT molecular complexity index is 787. The van der Waals surface area contributed by atoms with Crippen LogP contribution in [0.15, 0.2) is 12.3 Å². The predicted molar refractivity (Wildman–Crippen MR) is 97.5 cm³/mol. The number of ether oxygens (including phenoxy) is 1. The predicted octanol–water partition coefficient (Wildman–Crippen LogP) is 0.881. The maximum absolute atomic E-state index is 13.0. The molecule has 2 aliphatic rings. The number of halogens is 3. The molecule has 1 N–H and O–H groups in total. The van der Waals surface area contributed by atoms with Gasteiger partial charge in [-0.25, -0.2) is 4.98 Å². The molecule has 8 nitrogen and oxygen atoms in total. The lowest BCUT2D eigenvalue weighted by atomic mass is 10.0. The number of rotatable bonds is 5. The van der Waals surface area contributed by atoms with Gasteiger partial charge in [-0.3, -0.25) is 9.59 Å². The first kappa shape index (κ1) is 21.3. The zero-order valence-corrected chi connectivity index (χ0v) is 16.1. The van der Waals surface area contributed by atoms with E-state index in [0.29, 0.717) is 12.4 Å². The first-order valence-electron chi connectivity index (χ1n) is 9.24. The number of hydrogen-bond acceptors (Lipinski definition) is 6. The number of pyridine rings is 1. The minimum atomic E-state index is -4.55. The van der Waals surface area contributed by atoms with E-state index < -0.39 is 23.9 Å². The van der Waals surface area contributed by atoms with Gasteiger partial charge in [0, 0.05) is 26.3 Å². The Morgan fingerprint density at radius 1 is 1.41 bits per heavy atom. The number of piperazine rings is 1. The topological polar surface area (TPSA) is 86.2 Å². The van der Waals surface area contributed by atoms with Crippen molar-refractivity contribution in [1.82, 2.24) is 9.88 Å². The number of likely N-dealkylation sites (N-methyl/N-ethyl adjacent to an activating group) is 1. The fourth-order valence-electron chi connectivity index (χ4n) is 3.46. The number of alkyl halides is 3. The minimum Gasteiger partial charge on any atom is -0.391 e. The molecule has 3 rings (SSSR count). The quantitative estimate of drug-likeness (QED) is 0.718. The summed E-state index contributed by atoms with van der Waals surface area (Å²) in [6.07, 6.45) is -4.29. The monoisotopic (exact) mass is 416 g/mol. The molecule has 1 unspecified atom stereocenters. The lowest BCUT2D eigenvalue weighted by Gasteiger charge is -2.46. The highest BCUT2D eigenvalue weighted by Crippen LogP contribution is 2.39. The lowest BCUT2D eigenvalue weighted by Crippen LogP contribution is -2.63. The number of fused-ring (bicyclic) bond motifs is 3. The van der Waals surface area contributed by atoms with E-state index in [1.54, 1.807) is 16.7 Å². The molecule has 11 heteroatoms. The van der Waals surface area contributed by atoms with E-state index >= 15 is 0 Å². The Labute approximate surface area is 165 Å². The van der Waals surface area contributed by atoms with Crippen molar-refractivity contribution in [3.8, 4) is 0 Å². The van der Waals surface area contributed by atoms with Gasteiger partial charge in [-0.05, 0) is 13.0 Å². The number of amides is 2. The third-order valence-electron chi connectivity index (χ3n) is 4.98. The summed E-state index contributed by atoms with van der Waals surface area (Å²) in [6, 6.07) is 0.223. The van der Waals surface area contributed by atoms with Gasteiger partial charge in [-0.15, -0.1) is 0 Å². The fourth-order valence-corrected chi connectivity index (χ4v) is 3.46. The molecular formula is C18H23F3N4O4. The minimum absolute atomic E-state index is 0.104. The van der Waals surface area contributed by atoms with Gasteiger partial charge < -0.3 is 24.5 Å². The Morgan fingerprint density at radius 2 is 2.14 bits per heavy atom. The molecule has 0 spiro atoms. The largest absolute Gasteiger partial charge is 0.417 e. The number of nitrogens with zero attached hydrogens (tertiary/aromatic N) is 4. The van der Waals surface area contributed by atoms with E-state index in [1.807, 2.05) is 0 Å². The van der Waals surface area contributed by atoms with Crippen LogP contribution in [0.25, 0.3) is 0 Å². The molecule has 0 aromatic carbocycles. The SMILES string of the molecule is C[C@H](O)COCCC(=O)N1CCN2c3ncc(C(F)(F)F)cc3N(C)C(=O)C2C1. The van der Waals surface area contributed by atoms with Crippen molar-refractivity contribution in [2.75, 3.05) is 49.7 Å². The number of hydrogen-bond donors (Lipinski definition) is 1. The van der Waals surface area contributed by atoms with E-state index in [1.165, 1.54) is 11.9 Å². The van der Waals surface area contributed by atoms with E-state index in [-0.39, 0.29) is 50.2 Å². The van der Waals surface area contributed by atoms with Crippen molar-refractivity contribution < 1.29 is 32.6 Å². The molecule has 3 heterocycles. The summed E-state index contributed by atoms with van der Waals surface area (Å²) in [5.74, 6) is -0.268. The Hall–Kier alpha value is -2.40. The van der Waals surface area contributed by atoms with E-state index in [9.17, 15) is 22.8 Å². The van der Waals surface area contributed by atoms with E-state index in [0.717, 1.165) is 12.3 Å². The van der Waals surface area contributed by atoms with Crippen LogP contribution < -0.4 is 9.80 Å². The van der Waals surface area contributed by atoms with Gasteiger partial charge in [-0.2, -0.15) is 13.2 Å². The van der Waals surface area contributed by atoms with Crippen LogP contribution in [0, 0.1) is 0 Å². The number of anilines is 2. The zero-order chi connectivity index (χ0) is 21.3. The van der Waals surface area contributed by atoms with Gasteiger partial charge >= 0.3 is 6.18 Å². The molecule has 1 fully saturated rings. The van der Waals surface area contributed by atoms with Crippen molar-refractivity contribution in [2.24, 2.45) is 0 Å². The molecule has 0 saturated carbocycles. The number of carbonyl (C=O) groups excluding carboxylic acids is 2. The van der Waals surface area contributed by atoms with Crippen LogP contribution in [-0.2, 0) is 20.5 Å². The number of carbonyl (C=O) groups is 2. The lowest BCUT2D eigenvalue weighted by molar-refractivity contribution is -0.138. The summed E-state index contributed by atoms with van der Waals surface area (Å²) >= 11 is 0. The Kier molecular flexibility index (Phi) is 5.99. The molecule has 0 radical (unpaired) electrons. The van der Waals surface area contributed by atoms with Gasteiger partial charge in [0.15, 0.2) is 5.82 Å². The van der Waals surface area contributed by atoms with Crippen LogP contribution in [0.4, 0.5) is 24.7 Å². The molecule has 1 aromatic heterocycles. The fraction of sp³-hybridized carbons (Fsp3) is 0.611. The van der Waals surface area contributed by atoms with Gasteiger partial charge in [0.1, 0.15) is 6.04 Å². The Morgan fingerprint density at radius 3 is 2.79 bits per heavy atom. The van der Waals surface area contributed by atoms with Gasteiger partial charge in [0.05, 0.1) is 43.5 Å². The zero-order valence-electron chi connectivity index (χ0n) is 16.1. The van der Waals surface area contributed by atoms with Crippen molar-refractivity contribution in [1.29, 1.82) is 0 Å². The summed E-state index contributed by atoms with van der Waals surface area (Å²) in [5, 5.41) is 9.16. The average Bonchev–Trinajstić information content (AvgIpc) is 2.67. The normalized spacial score (nSPS) is 20.4. The summed E-state index contributed by atoms with van der Waals surface area (Å²) in [4.78, 5) is 33.5. The molecule has 29 heavy (non-hydrogen) atoms. The molecule has 160 valence electrons. The molecular weight excluding hydrogens is 393 g/mol. The van der Waals surface area contributed by atoms with Crippen molar-refractivity contribution in [3.05, 3.63) is 17.8 Å². The summed E-state index contributed by atoms with van der Waals surface area (Å²) in [7, 11) is 1.41. The highest BCUT2D eigenvalue weighted by atomic mass is 19.4. The standard InChI is InChI=1S/C18H23F3N4O4/c1-11(26)10-29-6-3-15(27)24-4-5-25-14(9-24)17(28)23(2)13-7-12(18(19,20)21)8-22-16(13)25/h7-8,11,14,26H,3-6,9-10H2,1-2H3/t11-,14?/m0/s1. The number of aromatic nitrogens is 1. The molecule has 2 atom stereocenters. The van der Waals surface area contributed by atoms with E-state index in [2.05, 4.69) is 4.98 Å². The Balaban J connectivity index is 1.71. The first-order chi connectivity index (χ1) is 13.6. The van der Waals surface area contributed by atoms with Crippen LogP contribution in [0.2, 0.25) is 0 Å². The van der Waals surface area contributed by atoms with Gasteiger partial charge in [0.25, 0.3) is 5.91 Å². The van der Waals surface area contributed by atoms with Crippen molar-refractivity contribution >= 4 is 23.3 Å². The third kappa shape index (κ3) is 4.45. The average molecular weight is 416 g/mol. The second-order valence-electron chi connectivity index (χ2n) is 7.18. The smallest absolute Gasteiger partial charge is 0.391 e. The van der Waals surface area contributed by atoms with Gasteiger partial charge in [-0.1, -0.05) is 0 Å². The second kappa shape index (κ2) is 8.15. The highest BCUT2D eigenvalue weighted by Gasteiger charge is 2.43. The molecule has 0 bridgehead atoms. The molecule has 1 saturated heterocycles. The van der Waals surface area contributed by atoms with Gasteiger partial charge in [0.2, 0.25) is 5.91 Å². The second-order valence-corrected chi connectivity index (χ2v) is 7.18. The molecule has 0 aliphatic carbocycles. The van der Waals surface area contributed by atoms with Crippen LogP contribution in [0.3, 0.4) is 0 Å². The molecule has 2 amide bonds. The maximum atomic E-state index is 13.0. The number of aliphatic hydroxyl groups excluding tert-OH is 1. The van der Waals surface area contributed by atoms with Crippen LogP contribution in [0.5, 0.6) is 0 Å². The molecule has 1 aromatic rings. The summed E-state index contributed by atoms with van der Waals surface area (Å²) < 4.78 is 44.2. The summed E-state index contributed by atoms with van der Waals surface area (Å²) in [6.45, 7) is 2.61. The molecule has 2 aliphatic heterocycles. The first-order valence-corrected chi connectivity index (χ1v) is 9.24. The van der Waals surface area contributed by atoms with Crippen LogP contribution in [-0.4, -0.2) is 78.8 Å². The maximum Gasteiger partial charge on any atom is 0.417 e. The van der Waals surface area contributed by atoms with Crippen LogP contribution in [0.1, 0.15) is 18.9 Å². The van der Waals surface area contributed by atoms with E-state index in [4.69, 9.17) is 9.84 Å². The number of aliphatic hydroxyl groups is 1. The third-order valence-corrected chi connectivity index (χ3v) is 4.98. The summed E-state index contributed by atoms with van der Waals surface area (Å²) in [5.41, 5.74) is -0.812. The van der Waals surface area contributed by atoms with Crippen molar-refractivity contribution in [3.63, 3.8) is 0 Å². The van der Waals surface area contributed by atoms with Crippen molar-refractivity contribution in [2.45, 2.75) is 31.7 Å². The van der Waals surface area contributed by atoms with Crippen LogP contribution >= 0.6 is 0 Å². The highest BCUT2D eigenvalue weighted by molar-refractivity contribution is 6.05.